The van der Waals surface area contributed by atoms with Gasteiger partial charge in [0.2, 0.25) is 0 Å². The van der Waals surface area contributed by atoms with Crippen molar-refractivity contribution in [3.63, 3.8) is 0 Å². The standard InChI is InChI=1S/C31H50O3/c1-19(2)20-11-16-31(26(33)34-8)18-17-29(6)21(25(20)31)9-10-23-28(5)14-13-24(32)27(3,4)22(28)12-15-30(23,29)7/h20-25,32H,1,9-18H2,2-8H3/t20-,21+,22+,23+,24+,25-,28-,29+,30+,31-/m0/s1. The Balaban J connectivity index is 1.56. The molecule has 0 aliphatic heterocycles. The summed E-state index contributed by atoms with van der Waals surface area (Å²) in [7, 11) is 1.59. The van der Waals surface area contributed by atoms with Crippen molar-refractivity contribution in [1.29, 1.82) is 0 Å². The van der Waals surface area contributed by atoms with Crippen LogP contribution in [-0.2, 0) is 9.53 Å². The lowest BCUT2D eigenvalue weighted by molar-refractivity contribution is -0.248. The quantitative estimate of drug-likeness (QED) is 0.343. The molecule has 5 aliphatic carbocycles. The second-order valence-electron chi connectivity index (χ2n) is 14.7. The van der Waals surface area contributed by atoms with E-state index in [1.54, 1.807) is 7.11 Å². The molecule has 34 heavy (non-hydrogen) atoms. The average Bonchev–Trinajstić information content (AvgIpc) is 3.18. The van der Waals surface area contributed by atoms with E-state index in [9.17, 15) is 9.90 Å². The molecule has 0 radical (unpaired) electrons. The summed E-state index contributed by atoms with van der Waals surface area (Å²) in [6.07, 6.45) is 11.1. The summed E-state index contributed by atoms with van der Waals surface area (Å²) in [5, 5.41) is 10.9. The van der Waals surface area contributed by atoms with E-state index in [-0.39, 0.29) is 33.7 Å². The van der Waals surface area contributed by atoms with E-state index < -0.39 is 0 Å². The molecule has 0 amide bonds. The minimum Gasteiger partial charge on any atom is -0.469 e. The first-order valence-electron chi connectivity index (χ1n) is 14.2. The molecule has 10 atom stereocenters. The molecule has 5 fully saturated rings. The van der Waals surface area contributed by atoms with Gasteiger partial charge in [-0.3, -0.25) is 4.79 Å². The van der Waals surface area contributed by atoms with Gasteiger partial charge in [0.15, 0.2) is 0 Å². The van der Waals surface area contributed by atoms with Gasteiger partial charge in [0, 0.05) is 0 Å². The molecule has 0 heterocycles. The molecule has 0 aromatic heterocycles. The number of rotatable bonds is 2. The molecule has 0 saturated heterocycles. The third-order valence-corrected chi connectivity index (χ3v) is 13.6. The fraction of sp³-hybridized carbons (Fsp3) is 0.903. The van der Waals surface area contributed by atoms with Crippen LogP contribution in [0.1, 0.15) is 106 Å². The number of hydrogen-bond donors (Lipinski definition) is 1. The highest BCUT2D eigenvalue weighted by molar-refractivity contribution is 5.78. The molecule has 3 nitrogen and oxygen atoms in total. The summed E-state index contributed by atoms with van der Waals surface area (Å²) in [5.74, 6) is 2.72. The number of methoxy groups -OCH3 is 1. The number of allylic oxidation sites excluding steroid dienone is 1. The molecule has 5 aliphatic rings. The van der Waals surface area contributed by atoms with Crippen molar-refractivity contribution in [1.82, 2.24) is 0 Å². The van der Waals surface area contributed by atoms with E-state index in [2.05, 4.69) is 48.1 Å². The summed E-state index contributed by atoms with van der Waals surface area (Å²) in [4.78, 5) is 13.3. The molecular formula is C31H50O3. The average molecular weight is 471 g/mol. The van der Waals surface area contributed by atoms with Crippen LogP contribution < -0.4 is 0 Å². The minimum atomic E-state index is -0.302. The molecular weight excluding hydrogens is 420 g/mol. The molecule has 192 valence electrons. The Kier molecular flexibility index (Phi) is 5.55. The third kappa shape index (κ3) is 2.83. The summed E-state index contributed by atoms with van der Waals surface area (Å²) in [5.41, 5.74) is 1.78. The summed E-state index contributed by atoms with van der Waals surface area (Å²) in [6, 6.07) is 0. The first-order chi connectivity index (χ1) is 15.8. The van der Waals surface area contributed by atoms with E-state index in [1.165, 1.54) is 31.3 Å². The van der Waals surface area contributed by atoms with Gasteiger partial charge in [-0.25, -0.2) is 0 Å². The molecule has 5 rings (SSSR count). The maximum absolute atomic E-state index is 13.3. The zero-order chi connectivity index (χ0) is 24.9. The van der Waals surface area contributed by atoms with Crippen molar-refractivity contribution in [3.8, 4) is 0 Å². The van der Waals surface area contributed by atoms with Crippen LogP contribution in [0.3, 0.4) is 0 Å². The highest BCUT2D eigenvalue weighted by Gasteiger charge is 2.72. The van der Waals surface area contributed by atoms with Crippen molar-refractivity contribution in [2.24, 2.45) is 56.7 Å². The van der Waals surface area contributed by atoms with Gasteiger partial charge < -0.3 is 9.84 Å². The molecule has 1 N–H and O–H groups in total. The largest absolute Gasteiger partial charge is 0.469 e. The van der Waals surface area contributed by atoms with Crippen LogP contribution in [0.15, 0.2) is 12.2 Å². The predicted octanol–water partition coefficient (Wildman–Crippen LogP) is 7.18. The Labute approximate surface area is 208 Å². The Bertz CT molecular complexity index is 876. The maximum Gasteiger partial charge on any atom is 0.312 e. The van der Waals surface area contributed by atoms with Gasteiger partial charge in [0.05, 0.1) is 18.6 Å². The van der Waals surface area contributed by atoms with Gasteiger partial charge >= 0.3 is 5.97 Å². The fourth-order valence-electron chi connectivity index (χ4n) is 11.7. The van der Waals surface area contributed by atoms with Crippen molar-refractivity contribution in [2.75, 3.05) is 7.11 Å². The van der Waals surface area contributed by atoms with E-state index in [1.807, 2.05) is 0 Å². The second-order valence-corrected chi connectivity index (χ2v) is 14.7. The van der Waals surface area contributed by atoms with E-state index in [4.69, 9.17) is 4.74 Å². The van der Waals surface area contributed by atoms with Crippen LogP contribution in [0, 0.1) is 56.7 Å². The van der Waals surface area contributed by atoms with Crippen LogP contribution in [0.25, 0.3) is 0 Å². The maximum atomic E-state index is 13.3. The summed E-state index contributed by atoms with van der Waals surface area (Å²) in [6.45, 7) is 19.1. The third-order valence-electron chi connectivity index (χ3n) is 13.6. The van der Waals surface area contributed by atoms with Crippen LogP contribution in [0.5, 0.6) is 0 Å². The van der Waals surface area contributed by atoms with Crippen LogP contribution in [-0.4, -0.2) is 24.3 Å². The normalized spacial score (nSPS) is 53.6. The summed E-state index contributed by atoms with van der Waals surface area (Å²) >= 11 is 0. The van der Waals surface area contributed by atoms with Crippen LogP contribution in [0.4, 0.5) is 0 Å². The number of aliphatic hydroxyl groups is 1. The second kappa shape index (κ2) is 7.59. The predicted molar refractivity (Wildman–Crippen MR) is 137 cm³/mol. The monoisotopic (exact) mass is 470 g/mol. The SMILES string of the molecule is C=C(C)[C@@H]1CC[C@]2(C(=O)OC)CC[C@]3(C)[C@H](CC[C@@H]4[C@@]5(C)CC[C@@H](O)C(C)(C)[C@H]5CC[C@]43C)[C@H]12. The van der Waals surface area contributed by atoms with Gasteiger partial charge in [-0.2, -0.15) is 0 Å². The number of carbonyl (C=O) groups is 1. The van der Waals surface area contributed by atoms with Crippen molar-refractivity contribution < 1.29 is 14.6 Å². The first-order valence-corrected chi connectivity index (χ1v) is 14.2. The van der Waals surface area contributed by atoms with E-state index in [0.29, 0.717) is 35.0 Å². The first kappa shape index (κ1) is 24.8. The van der Waals surface area contributed by atoms with E-state index >= 15 is 0 Å². The van der Waals surface area contributed by atoms with Gasteiger partial charge in [-0.05, 0) is 122 Å². The van der Waals surface area contributed by atoms with Crippen molar-refractivity contribution in [2.45, 2.75) is 112 Å². The summed E-state index contributed by atoms with van der Waals surface area (Å²) < 4.78 is 5.49. The van der Waals surface area contributed by atoms with Gasteiger partial charge in [0.25, 0.3) is 0 Å². The molecule has 0 spiro atoms. The highest BCUT2D eigenvalue weighted by Crippen LogP contribution is 2.77. The van der Waals surface area contributed by atoms with Gasteiger partial charge in [-0.15, -0.1) is 0 Å². The number of aliphatic hydroxyl groups excluding tert-OH is 1. The zero-order valence-electron chi connectivity index (χ0n) is 23.0. The highest BCUT2D eigenvalue weighted by atomic mass is 16.5. The molecule has 0 aromatic carbocycles. The molecule has 0 aromatic rings. The number of carbonyl (C=O) groups excluding carboxylic acids is 1. The molecule has 3 heteroatoms. The number of fused-ring (bicyclic) bond motifs is 7. The zero-order valence-corrected chi connectivity index (χ0v) is 23.0. The molecule has 0 bridgehead atoms. The van der Waals surface area contributed by atoms with Crippen LogP contribution >= 0.6 is 0 Å². The lowest BCUT2D eigenvalue weighted by Gasteiger charge is -2.72. The Hall–Kier alpha value is -0.830. The molecule has 0 unspecified atom stereocenters. The van der Waals surface area contributed by atoms with Gasteiger partial charge in [-0.1, -0.05) is 46.8 Å². The van der Waals surface area contributed by atoms with Gasteiger partial charge in [0.1, 0.15) is 0 Å². The Morgan fingerprint density at radius 1 is 0.853 bits per heavy atom. The smallest absolute Gasteiger partial charge is 0.312 e. The lowest BCUT2D eigenvalue weighted by atomic mass is 9.32. The number of hydrogen-bond acceptors (Lipinski definition) is 3. The van der Waals surface area contributed by atoms with Crippen LogP contribution in [0.2, 0.25) is 0 Å². The van der Waals surface area contributed by atoms with Crippen molar-refractivity contribution in [3.05, 3.63) is 12.2 Å². The van der Waals surface area contributed by atoms with E-state index in [0.717, 1.165) is 38.5 Å². The number of ether oxygens (including phenoxy) is 1. The Morgan fingerprint density at radius 3 is 2.21 bits per heavy atom. The fourth-order valence-corrected chi connectivity index (χ4v) is 11.7. The minimum absolute atomic E-state index is 0.00478. The molecule has 5 saturated carbocycles. The lowest BCUT2D eigenvalue weighted by Crippen LogP contribution is -2.67. The topological polar surface area (TPSA) is 46.5 Å². The Morgan fingerprint density at radius 2 is 1.56 bits per heavy atom. The van der Waals surface area contributed by atoms with Crippen molar-refractivity contribution >= 4 is 5.97 Å². The number of esters is 1.